The Labute approximate surface area is 108 Å². The van der Waals surface area contributed by atoms with E-state index in [1.54, 1.807) is 0 Å². The maximum absolute atomic E-state index is 11.7. The summed E-state index contributed by atoms with van der Waals surface area (Å²) in [4.78, 5) is 22.7. The van der Waals surface area contributed by atoms with Gasteiger partial charge in [-0.15, -0.1) is 0 Å². The van der Waals surface area contributed by atoms with E-state index in [1.165, 1.54) is 0 Å². The minimum atomic E-state index is -0.813. The number of carboxylic acid groups (broad SMARTS) is 1. The van der Waals surface area contributed by atoms with Gasteiger partial charge in [-0.2, -0.15) is 0 Å². The molecule has 1 fully saturated rings. The van der Waals surface area contributed by atoms with Crippen molar-refractivity contribution in [2.24, 2.45) is 11.3 Å². The molecule has 2 amide bonds. The number of hydrogen-bond donors (Lipinski definition) is 3. The van der Waals surface area contributed by atoms with E-state index in [9.17, 15) is 9.59 Å². The molecule has 1 saturated carbocycles. The van der Waals surface area contributed by atoms with Gasteiger partial charge >= 0.3 is 12.0 Å². The summed E-state index contributed by atoms with van der Waals surface area (Å²) in [6.07, 6.45) is 3.25. The number of urea groups is 1. The molecule has 1 aliphatic rings. The lowest BCUT2D eigenvalue weighted by Gasteiger charge is -2.24. The number of amides is 2. The monoisotopic (exact) mass is 256 g/mol. The zero-order chi connectivity index (χ0) is 13.8. The first-order chi connectivity index (χ1) is 8.35. The number of nitrogens with one attached hydrogen (secondary N) is 2. The molecule has 5 heteroatoms. The van der Waals surface area contributed by atoms with Crippen molar-refractivity contribution in [1.82, 2.24) is 10.6 Å². The van der Waals surface area contributed by atoms with E-state index < -0.39 is 11.9 Å². The first-order valence-corrected chi connectivity index (χ1v) is 6.63. The highest BCUT2D eigenvalue weighted by Gasteiger charge is 2.33. The molecule has 5 nitrogen and oxygen atoms in total. The zero-order valence-electron chi connectivity index (χ0n) is 11.5. The number of carbonyl (C=O) groups excluding carboxylic acids is 1. The van der Waals surface area contributed by atoms with Gasteiger partial charge < -0.3 is 15.7 Å². The lowest BCUT2D eigenvalue weighted by Crippen LogP contribution is -2.47. The molecular formula is C13H24N2O3. The number of hydrogen-bond acceptors (Lipinski definition) is 2. The van der Waals surface area contributed by atoms with E-state index >= 15 is 0 Å². The van der Waals surface area contributed by atoms with Crippen LogP contribution in [0.2, 0.25) is 0 Å². The SMILES string of the molecule is CCC(C)(C)CNC(=O)NC1CCCC1C(=O)O. The Morgan fingerprint density at radius 3 is 2.56 bits per heavy atom. The van der Waals surface area contributed by atoms with Crippen molar-refractivity contribution in [2.45, 2.75) is 52.5 Å². The summed E-state index contributed by atoms with van der Waals surface area (Å²) in [5.41, 5.74) is 0.0687. The second kappa shape index (κ2) is 6.07. The molecule has 0 aromatic rings. The topological polar surface area (TPSA) is 78.4 Å². The Hall–Kier alpha value is -1.26. The standard InChI is InChI=1S/C13H24N2O3/c1-4-13(2,3)8-14-12(18)15-10-7-5-6-9(10)11(16)17/h9-10H,4-8H2,1-3H3,(H,16,17)(H2,14,15,18). The summed E-state index contributed by atoms with van der Waals surface area (Å²) in [5, 5.41) is 14.6. The van der Waals surface area contributed by atoms with Gasteiger partial charge in [-0.25, -0.2) is 4.79 Å². The first-order valence-electron chi connectivity index (χ1n) is 6.63. The van der Waals surface area contributed by atoms with Gasteiger partial charge in [0.2, 0.25) is 0 Å². The molecule has 0 heterocycles. The van der Waals surface area contributed by atoms with E-state index in [-0.39, 0.29) is 17.5 Å². The fourth-order valence-electron chi connectivity index (χ4n) is 2.09. The van der Waals surface area contributed by atoms with Gasteiger partial charge in [0.25, 0.3) is 0 Å². The maximum Gasteiger partial charge on any atom is 0.315 e. The van der Waals surface area contributed by atoms with E-state index in [0.29, 0.717) is 13.0 Å². The van der Waals surface area contributed by atoms with Crippen LogP contribution in [0.3, 0.4) is 0 Å². The number of carboxylic acids is 1. The Morgan fingerprint density at radius 2 is 2.00 bits per heavy atom. The molecule has 0 spiro atoms. The molecule has 0 aromatic carbocycles. The van der Waals surface area contributed by atoms with Crippen LogP contribution in [-0.4, -0.2) is 29.7 Å². The molecule has 18 heavy (non-hydrogen) atoms. The van der Waals surface area contributed by atoms with Crippen LogP contribution in [0.5, 0.6) is 0 Å². The van der Waals surface area contributed by atoms with Crippen molar-refractivity contribution < 1.29 is 14.7 Å². The molecule has 2 unspecified atom stereocenters. The van der Waals surface area contributed by atoms with Crippen LogP contribution >= 0.6 is 0 Å². The molecule has 104 valence electrons. The number of aliphatic carboxylic acids is 1. The van der Waals surface area contributed by atoms with Gasteiger partial charge in [0.15, 0.2) is 0 Å². The van der Waals surface area contributed by atoms with Crippen LogP contribution in [-0.2, 0) is 4.79 Å². The predicted molar refractivity (Wildman–Crippen MR) is 69.4 cm³/mol. The van der Waals surface area contributed by atoms with Crippen LogP contribution < -0.4 is 10.6 Å². The van der Waals surface area contributed by atoms with Gasteiger partial charge in [-0.1, -0.05) is 27.2 Å². The first kappa shape index (κ1) is 14.8. The third kappa shape index (κ3) is 4.20. The lowest BCUT2D eigenvalue weighted by molar-refractivity contribution is -0.142. The molecule has 1 aliphatic carbocycles. The second-order valence-corrected chi connectivity index (χ2v) is 5.83. The quantitative estimate of drug-likeness (QED) is 0.703. The minimum Gasteiger partial charge on any atom is -0.481 e. The van der Waals surface area contributed by atoms with Crippen molar-refractivity contribution >= 4 is 12.0 Å². The number of rotatable bonds is 5. The van der Waals surface area contributed by atoms with Gasteiger partial charge in [-0.3, -0.25) is 4.79 Å². The number of carbonyl (C=O) groups is 2. The third-order valence-corrected chi connectivity index (χ3v) is 3.83. The third-order valence-electron chi connectivity index (χ3n) is 3.83. The van der Waals surface area contributed by atoms with Crippen LogP contribution in [0.25, 0.3) is 0 Å². The Morgan fingerprint density at radius 1 is 1.33 bits per heavy atom. The van der Waals surface area contributed by atoms with Crippen molar-refractivity contribution in [1.29, 1.82) is 0 Å². The molecule has 0 bridgehead atoms. The van der Waals surface area contributed by atoms with Crippen molar-refractivity contribution in [3.63, 3.8) is 0 Å². The molecule has 0 radical (unpaired) electrons. The minimum absolute atomic E-state index is 0.0687. The van der Waals surface area contributed by atoms with Gasteiger partial charge in [-0.05, 0) is 24.7 Å². The molecule has 0 aromatic heterocycles. The van der Waals surface area contributed by atoms with Crippen molar-refractivity contribution in [3.05, 3.63) is 0 Å². The van der Waals surface area contributed by atoms with E-state index in [2.05, 4.69) is 31.4 Å². The van der Waals surface area contributed by atoms with Gasteiger partial charge in [0, 0.05) is 12.6 Å². The van der Waals surface area contributed by atoms with Crippen LogP contribution in [0.4, 0.5) is 4.79 Å². The van der Waals surface area contributed by atoms with E-state index in [1.807, 2.05) is 0 Å². The highest BCUT2D eigenvalue weighted by Crippen LogP contribution is 2.25. The normalized spacial score (nSPS) is 23.7. The van der Waals surface area contributed by atoms with Crippen LogP contribution in [0.15, 0.2) is 0 Å². The Balaban J connectivity index is 2.38. The molecule has 0 aliphatic heterocycles. The molecule has 3 N–H and O–H groups in total. The largest absolute Gasteiger partial charge is 0.481 e. The summed E-state index contributed by atoms with van der Waals surface area (Å²) in [6.45, 7) is 6.85. The van der Waals surface area contributed by atoms with Gasteiger partial charge in [0.05, 0.1) is 5.92 Å². The van der Waals surface area contributed by atoms with Crippen LogP contribution in [0, 0.1) is 11.3 Å². The highest BCUT2D eigenvalue weighted by atomic mass is 16.4. The van der Waals surface area contributed by atoms with Crippen LogP contribution in [0.1, 0.15) is 46.5 Å². The molecule has 2 atom stereocenters. The lowest BCUT2D eigenvalue weighted by atomic mass is 9.90. The van der Waals surface area contributed by atoms with Crippen molar-refractivity contribution in [3.8, 4) is 0 Å². The smallest absolute Gasteiger partial charge is 0.315 e. The average molecular weight is 256 g/mol. The molecule has 0 saturated heterocycles. The molecular weight excluding hydrogens is 232 g/mol. The summed E-state index contributed by atoms with van der Waals surface area (Å²) in [6, 6.07) is -0.484. The van der Waals surface area contributed by atoms with E-state index in [4.69, 9.17) is 5.11 Å². The van der Waals surface area contributed by atoms with Crippen molar-refractivity contribution in [2.75, 3.05) is 6.54 Å². The zero-order valence-corrected chi connectivity index (χ0v) is 11.5. The Kier molecular flexibility index (Phi) is 4.99. The average Bonchev–Trinajstić information content (AvgIpc) is 2.75. The summed E-state index contributed by atoms with van der Waals surface area (Å²) in [5.74, 6) is -1.25. The fourth-order valence-corrected chi connectivity index (χ4v) is 2.09. The highest BCUT2D eigenvalue weighted by molar-refractivity contribution is 5.77. The summed E-state index contributed by atoms with van der Waals surface area (Å²) < 4.78 is 0. The predicted octanol–water partition coefficient (Wildman–Crippen LogP) is 1.98. The summed E-state index contributed by atoms with van der Waals surface area (Å²) in [7, 11) is 0. The second-order valence-electron chi connectivity index (χ2n) is 5.83. The fraction of sp³-hybridized carbons (Fsp3) is 0.846. The Bertz CT molecular complexity index is 315. The maximum atomic E-state index is 11.7. The van der Waals surface area contributed by atoms with Gasteiger partial charge in [0.1, 0.15) is 0 Å². The summed E-state index contributed by atoms with van der Waals surface area (Å²) >= 11 is 0. The molecule has 1 rings (SSSR count). The van der Waals surface area contributed by atoms with E-state index in [0.717, 1.165) is 19.3 Å².